The molecule has 140 valence electrons. The first kappa shape index (κ1) is 19.8. The minimum absolute atomic E-state index is 0.152. The van der Waals surface area contributed by atoms with Crippen LogP contribution in [-0.2, 0) is 4.79 Å². The molecule has 0 aliphatic rings. The summed E-state index contributed by atoms with van der Waals surface area (Å²) in [6.07, 6.45) is 3.13. The molecular formula is C20H21N3O4. The van der Waals surface area contributed by atoms with Crippen molar-refractivity contribution in [1.82, 2.24) is 5.01 Å². The zero-order valence-electron chi connectivity index (χ0n) is 15.4. The number of carboxylic acid groups (broad SMARTS) is 1. The molecule has 0 spiro atoms. The van der Waals surface area contributed by atoms with Gasteiger partial charge in [-0.3, -0.25) is 9.80 Å². The van der Waals surface area contributed by atoms with Gasteiger partial charge in [-0.15, -0.1) is 5.11 Å². The Morgan fingerprint density at radius 1 is 1.15 bits per heavy atom. The molecule has 0 atom stereocenters. The molecule has 0 fully saturated rings. The molecule has 0 amide bonds. The van der Waals surface area contributed by atoms with Crippen molar-refractivity contribution in [2.45, 2.75) is 6.92 Å². The average Bonchev–Trinajstić information content (AvgIpc) is 2.63. The van der Waals surface area contributed by atoms with Gasteiger partial charge >= 0.3 is 5.97 Å². The van der Waals surface area contributed by atoms with E-state index in [0.29, 0.717) is 17.0 Å². The zero-order valence-corrected chi connectivity index (χ0v) is 15.4. The zero-order chi connectivity index (χ0) is 19.8. The topological polar surface area (TPSA) is 91.6 Å². The molecule has 0 aliphatic heterocycles. The van der Waals surface area contributed by atoms with Crippen LogP contribution in [0.3, 0.4) is 0 Å². The van der Waals surface area contributed by atoms with Crippen molar-refractivity contribution in [2.75, 3.05) is 20.7 Å². The Morgan fingerprint density at radius 3 is 2.48 bits per heavy atom. The van der Waals surface area contributed by atoms with Gasteiger partial charge in [-0.05, 0) is 60.5 Å². The number of benzene rings is 2. The van der Waals surface area contributed by atoms with Crippen molar-refractivity contribution >= 4 is 23.5 Å². The van der Waals surface area contributed by atoms with Gasteiger partial charge < -0.3 is 9.84 Å². The van der Waals surface area contributed by atoms with E-state index >= 15 is 0 Å². The first-order chi connectivity index (χ1) is 12.8. The minimum Gasteiger partial charge on any atom is -0.482 e. The molecule has 0 aromatic heterocycles. The summed E-state index contributed by atoms with van der Waals surface area (Å²) < 4.78 is 5.19. The van der Waals surface area contributed by atoms with Gasteiger partial charge in [0, 0.05) is 19.7 Å². The maximum Gasteiger partial charge on any atom is 0.341 e. The molecule has 0 aliphatic carbocycles. The molecule has 0 unspecified atom stereocenters. The van der Waals surface area contributed by atoms with Crippen molar-refractivity contribution < 1.29 is 19.4 Å². The second-order valence-corrected chi connectivity index (χ2v) is 6.04. The number of hydrogen-bond acceptors (Lipinski definition) is 5. The number of ketones is 1. The van der Waals surface area contributed by atoms with Gasteiger partial charge in [0.05, 0.1) is 5.69 Å². The predicted octanol–water partition coefficient (Wildman–Crippen LogP) is 3.91. The van der Waals surface area contributed by atoms with E-state index in [1.807, 2.05) is 13.0 Å². The quantitative estimate of drug-likeness (QED) is 0.330. The number of carboxylic acids is 1. The third kappa shape index (κ3) is 6.74. The first-order valence-electron chi connectivity index (χ1n) is 8.21. The molecular weight excluding hydrogens is 346 g/mol. The highest BCUT2D eigenvalue weighted by Gasteiger charge is 2.04. The lowest BCUT2D eigenvalue weighted by Crippen LogP contribution is -2.09. The second-order valence-electron chi connectivity index (χ2n) is 6.04. The summed E-state index contributed by atoms with van der Waals surface area (Å²) in [4.78, 5) is 22.9. The molecule has 1 N–H and O–H groups in total. The SMILES string of the molecule is Cc1cc(/C=C/C(=O)c2ccc(N=NN(C)C)cc2)cc(OCC(=O)O)c1. The monoisotopic (exact) mass is 367 g/mol. The number of aliphatic carboxylic acids is 1. The van der Waals surface area contributed by atoms with Gasteiger partial charge in [0.15, 0.2) is 12.4 Å². The van der Waals surface area contributed by atoms with E-state index in [2.05, 4.69) is 10.3 Å². The Bertz CT molecular complexity index is 871. The summed E-state index contributed by atoms with van der Waals surface area (Å²) in [6, 6.07) is 12.1. The third-order valence-corrected chi connectivity index (χ3v) is 3.35. The Hall–Kier alpha value is -3.48. The van der Waals surface area contributed by atoms with Crippen LogP contribution in [0, 0.1) is 6.92 Å². The van der Waals surface area contributed by atoms with Crippen LogP contribution >= 0.6 is 0 Å². The van der Waals surface area contributed by atoms with Crippen LogP contribution in [-0.4, -0.2) is 42.6 Å². The molecule has 0 heterocycles. The molecule has 0 saturated carbocycles. The highest BCUT2D eigenvalue weighted by Crippen LogP contribution is 2.19. The maximum absolute atomic E-state index is 12.3. The highest BCUT2D eigenvalue weighted by atomic mass is 16.5. The average molecular weight is 367 g/mol. The van der Waals surface area contributed by atoms with Crippen molar-refractivity contribution in [2.24, 2.45) is 10.3 Å². The van der Waals surface area contributed by atoms with E-state index in [1.165, 1.54) is 6.08 Å². The van der Waals surface area contributed by atoms with E-state index < -0.39 is 12.6 Å². The lowest BCUT2D eigenvalue weighted by Gasteiger charge is -2.06. The Labute approximate surface area is 157 Å². The molecule has 27 heavy (non-hydrogen) atoms. The number of aryl methyl sites for hydroxylation is 1. The van der Waals surface area contributed by atoms with Crippen LogP contribution in [0.2, 0.25) is 0 Å². The molecule has 0 radical (unpaired) electrons. The normalized spacial score (nSPS) is 11.1. The maximum atomic E-state index is 12.3. The van der Waals surface area contributed by atoms with Crippen LogP contribution in [0.15, 0.2) is 58.9 Å². The van der Waals surface area contributed by atoms with Crippen LogP contribution in [0.5, 0.6) is 5.75 Å². The third-order valence-electron chi connectivity index (χ3n) is 3.35. The van der Waals surface area contributed by atoms with E-state index in [4.69, 9.17) is 9.84 Å². The summed E-state index contributed by atoms with van der Waals surface area (Å²) in [5.41, 5.74) is 2.84. The molecule has 2 aromatic rings. The van der Waals surface area contributed by atoms with Gasteiger partial charge in [0.25, 0.3) is 0 Å². The number of allylic oxidation sites excluding steroid dienone is 1. The minimum atomic E-state index is -1.04. The van der Waals surface area contributed by atoms with E-state index in [1.54, 1.807) is 61.6 Å². The first-order valence-corrected chi connectivity index (χ1v) is 8.21. The molecule has 2 rings (SSSR count). The fourth-order valence-corrected chi connectivity index (χ4v) is 2.20. The fourth-order valence-electron chi connectivity index (χ4n) is 2.20. The standard InChI is InChI=1S/C20H21N3O4/c1-14-10-15(12-18(11-14)27-13-20(25)26)4-9-19(24)16-5-7-17(8-6-16)21-22-23(2)3/h4-12H,13H2,1-3H3,(H,25,26)/b9-4+,22-21?. The summed E-state index contributed by atoms with van der Waals surface area (Å²) >= 11 is 0. The van der Waals surface area contributed by atoms with E-state index in [0.717, 1.165) is 11.1 Å². The van der Waals surface area contributed by atoms with E-state index in [-0.39, 0.29) is 5.78 Å². The lowest BCUT2D eigenvalue weighted by molar-refractivity contribution is -0.139. The smallest absolute Gasteiger partial charge is 0.341 e. The summed E-state index contributed by atoms with van der Waals surface area (Å²) in [7, 11) is 3.55. The predicted molar refractivity (Wildman–Crippen MR) is 102 cm³/mol. The van der Waals surface area contributed by atoms with Crippen LogP contribution < -0.4 is 4.74 Å². The fraction of sp³-hybridized carbons (Fsp3) is 0.200. The Balaban J connectivity index is 2.08. The van der Waals surface area contributed by atoms with Gasteiger partial charge in [-0.25, -0.2) is 4.79 Å². The van der Waals surface area contributed by atoms with E-state index in [9.17, 15) is 9.59 Å². The van der Waals surface area contributed by atoms with Crippen LogP contribution in [0.25, 0.3) is 6.08 Å². The van der Waals surface area contributed by atoms with Crippen molar-refractivity contribution in [3.05, 3.63) is 65.2 Å². The number of rotatable bonds is 8. The van der Waals surface area contributed by atoms with Gasteiger partial charge in [-0.1, -0.05) is 17.4 Å². The lowest BCUT2D eigenvalue weighted by atomic mass is 10.1. The summed E-state index contributed by atoms with van der Waals surface area (Å²) in [6.45, 7) is 1.46. The second kappa shape index (κ2) is 9.28. The van der Waals surface area contributed by atoms with Crippen molar-refractivity contribution in [1.29, 1.82) is 0 Å². The van der Waals surface area contributed by atoms with Crippen molar-refractivity contribution in [3.63, 3.8) is 0 Å². The molecule has 7 heteroatoms. The van der Waals surface area contributed by atoms with Crippen LogP contribution in [0.1, 0.15) is 21.5 Å². The molecule has 2 aromatic carbocycles. The molecule has 7 nitrogen and oxygen atoms in total. The van der Waals surface area contributed by atoms with Crippen molar-refractivity contribution in [3.8, 4) is 5.75 Å². The number of hydrogen-bond donors (Lipinski definition) is 1. The number of ether oxygens (including phenoxy) is 1. The number of carbonyl (C=O) groups is 2. The summed E-state index contributed by atoms with van der Waals surface area (Å²) in [5.74, 6) is -0.752. The van der Waals surface area contributed by atoms with Crippen LogP contribution in [0.4, 0.5) is 5.69 Å². The van der Waals surface area contributed by atoms with Gasteiger partial charge in [0.1, 0.15) is 5.75 Å². The number of nitrogens with zero attached hydrogens (tertiary/aromatic N) is 3. The van der Waals surface area contributed by atoms with Gasteiger partial charge in [-0.2, -0.15) is 0 Å². The highest BCUT2D eigenvalue weighted by molar-refractivity contribution is 6.06. The Kier molecular flexibility index (Phi) is 6.82. The Morgan fingerprint density at radius 2 is 1.85 bits per heavy atom. The van der Waals surface area contributed by atoms with Gasteiger partial charge in [0.2, 0.25) is 0 Å². The molecule has 0 bridgehead atoms. The summed E-state index contributed by atoms with van der Waals surface area (Å²) in [5, 5.41) is 18.2. The number of carbonyl (C=O) groups excluding carboxylic acids is 1. The molecule has 0 saturated heterocycles. The largest absolute Gasteiger partial charge is 0.482 e.